The first-order valence-electron chi connectivity index (χ1n) is 4.05. The predicted octanol–water partition coefficient (Wildman–Crippen LogP) is 1.80. The molecule has 0 aliphatic carbocycles. The highest BCUT2D eigenvalue weighted by Crippen LogP contribution is 2.27. The third-order valence-electron chi connectivity index (χ3n) is 1.88. The zero-order valence-corrected chi connectivity index (χ0v) is 8.60. The maximum atomic E-state index is 13.1. The van der Waals surface area contributed by atoms with E-state index in [2.05, 4.69) is 9.72 Å². The number of hydrogen-bond donors (Lipinski definition) is 1. The third kappa shape index (κ3) is 1.63. The van der Waals surface area contributed by atoms with Crippen molar-refractivity contribution in [3.63, 3.8) is 0 Å². The number of nitrogens with two attached hydrogens (primary N) is 1. The highest BCUT2D eigenvalue weighted by molar-refractivity contribution is 7.22. The zero-order chi connectivity index (χ0) is 11.0. The first-order valence-corrected chi connectivity index (χ1v) is 4.87. The van der Waals surface area contributed by atoms with Crippen molar-refractivity contribution in [2.75, 3.05) is 12.8 Å². The Hall–Kier alpha value is -1.69. The van der Waals surface area contributed by atoms with Crippen molar-refractivity contribution in [3.8, 4) is 0 Å². The molecule has 0 radical (unpaired) electrons. The van der Waals surface area contributed by atoms with Gasteiger partial charge in [-0.1, -0.05) is 11.3 Å². The number of methoxy groups -OCH3 is 1. The Morgan fingerprint density at radius 2 is 2.33 bits per heavy atom. The van der Waals surface area contributed by atoms with E-state index in [1.165, 1.54) is 13.2 Å². The topological polar surface area (TPSA) is 65.2 Å². The second kappa shape index (κ2) is 3.47. The number of hydrogen-bond acceptors (Lipinski definition) is 5. The van der Waals surface area contributed by atoms with Gasteiger partial charge in [-0.15, -0.1) is 0 Å². The first kappa shape index (κ1) is 9.85. The largest absolute Gasteiger partial charge is 0.465 e. The Bertz CT molecular complexity index is 538. The van der Waals surface area contributed by atoms with E-state index in [1.807, 2.05) is 0 Å². The number of benzene rings is 1. The minimum absolute atomic E-state index is 0.0976. The number of nitrogens with zero attached hydrogens (tertiary/aromatic N) is 1. The van der Waals surface area contributed by atoms with Gasteiger partial charge >= 0.3 is 5.97 Å². The lowest BCUT2D eigenvalue weighted by Gasteiger charge is -1.99. The Morgan fingerprint density at radius 3 is 3.00 bits per heavy atom. The maximum Gasteiger partial charge on any atom is 0.340 e. The minimum Gasteiger partial charge on any atom is -0.465 e. The normalized spacial score (nSPS) is 10.5. The number of carbonyl (C=O) groups excluding carboxylic acids is 1. The summed E-state index contributed by atoms with van der Waals surface area (Å²) in [5, 5.41) is 0.292. The molecule has 2 N–H and O–H groups in total. The first-order chi connectivity index (χ1) is 7.11. The number of ether oxygens (including phenoxy) is 1. The quantitative estimate of drug-likeness (QED) is 0.753. The van der Waals surface area contributed by atoms with Crippen LogP contribution in [0.5, 0.6) is 0 Å². The Balaban J connectivity index is 2.75. The summed E-state index contributed by atoms with van der Waals surface area (Å²) in [5.41, 5.74) is 5.96. The molecule has 0 aliphatic heterocycles. The fraction of sp³-hybridized carbons (Fsp3) is 0.111. The Kier molecular flexibility index (Phi) is 2.28. The summed E-state index contributed by atoms with van der Waals surface area (Å²) in [5.74, 6) is -1.13. The van der Waals surface area contributed by atoms with E-state index in [-0.39, 0.29) is 5.56 Å². The van der Waals surface area contributed by atoms with Crippen LogP contribution < -0.4 is 5.73 Å². The van der Waals surface area contributed by atoms with Gasteiger partial charge in [0.15, 0.2) is 5.13 Å². The molecule has 15 heavy (non-hydrogen) atoms. The standard InChI is InChI=1S/C9H7FN2O2S/c1-14-8(13)5-2-4(10)3-6-7(5)12-9(11)15-6/h2-3H,1H3,(H2,11,12). The van der Waals surface area contributed by atoms with Crippen LogP contribution in [0.15, 0.2) is 12.1 Å². The van der Waals surface area contributed by atoms with Crippen LogP contribution in [-0.4, -0.2) is 18.1 Å². The molecule has 2 aromatic rings. The molecule has 78 valence electrons. The van der Waals surface area contributed by atoms with E-state index in [4.69, 9.17) is 5.73 Å². The molecule has 1 aromatic carbocycles. The smallest absolute Gasteiger partial charge is 0.340 e. The van der Waals surface area contributed by atoms with Crippen LogP contribution in [0.2, 0.25) is 0 Å². The zero-order valence-electron chi connectivity index (χ0n) is 7.78. The molecular weight excluding hydrogens is 219 g/mol. The van der Waals surface area contributed by atoms with Gasteiger partial charge in [-0.2, -0.15) is 0 Å². The highest BCUT2D eigenvalue weighted by atomic mass is 32.1. The molecule has 0 aliphatic rings. The van der Waals surface area contributed by atoms with Crippen molar-refractivity contribution >= 4 is 32.7 Å². The van der Waals surface area contributed by atoms with Gasteiger partial charge in [0.2, 0.25) is 0 Å². The van der Waals surface area contributed by atoms with Gasteiger partial charge in [0.25, 0.3) is 0 Å². The predicted molar refractivity (Wildman–Crippen MR) is 55.3 cm³/mol. The van der Waals surface area contributed by atoms with Crippen molar-refractivity contribution in [2.45, 2.75) is 0 Å². The molecule has 1 aromatic heterocycles. The van der Waals surface area contributed by atoms with Gasteiger partial charge < -0.3 is 10.5 Å². The van der Waals surface area contributed by atoms with E-state index >= 15 is 0 Å². The average Bonchev–Trinajstić information content (AvgIpc) is 2.55. The second-order valence-corrected chi connectivity index (χ2v) is 3.91. The summed E-state index contributed by atoms with van der Waals surface area (Å²) in [7, 11) is 1.23. The lowest BCUT2D eigenvalue weighted by atomic mass is 10.2. The summed E-state index contributed by atoms with van der Waals surface area (Å²) in [6.45, 7) is 0. The van der Waals surface area contributed by atoms with Crippen molar-refractivity contribution in [1.29, 1.82) is 0 Å². The number of halogens is 1. The van der Waals surface area contributed by atoms with Gasteiger partial charge in [0.05, 0.1) is 22.9 Å². The Morgan fingerprint density at radius 1 is 1.60 bits per heavy atom. The molecule has 0 atom stereocenters. The molecule has 0 bridgehead atoms. The monoisotopic (exact) mass is 226 g/mol. The van der Waals surface area contributed by atoms with Crippen LogP contribution >= 0.6 is 11.3 Å². The summed E-state index contributed by atoms with van der Waals surface area (Å²) in [6.07, 6.45) is 0. The fourth-order valence-electron chi connectivity index (χ4n) is 1.28. The number of fused-ring (bicyclic) bond motifs is 1. The second-order valence-electron chi connectivity index (χ2n) is 2.84. The molecule has 6 heteroatoms. The number of nitrogen functional groups attached to an aromatic ring is 1. The lowest BCUT2D eigenvalue weighted by molar-refractivity contribution is 0.0602. The molecule has 0 fully saturated rings. The van der Waals surface area contributed by atoms with Crippen LogP contribution in [-0.2, 0) is 4.74 Å². The van der Waals surface area contributed by atoms with Crippen LogP contribution in [0.1, 0.15) is 10.4 Å². The summed E-state index contributed by atoms with van der Waals surface area (Å²) in [4.78, 5) is 15.3. The molecule has 4 nitrogen and oxygen atoms in total. The number of rotatable bonds is 1. The van der Waals surface area contributed by atoms with Gasteiger partial charge in [-0.05, 0) is 12.1 Å². The molecule has 0 amide bonds. The van der Waals surface area contributed by atoms with E-state index in [0.29, 0.717) is 15.3 Å². The number of anilines is 1. The van der Waals surface area contributed by atoms with Gasteiger partial charge in [0.1, 0.15) is 5.82 Å². The van der Waals surface area contributed by atoms with E-state index in [1.54, 1.807) is 0 Å². The SMILES string of the molecule is COC(=O)c1cc(F)cc2sc(N)nc12. The van der Waals surface area contributed by atoms with Crippen molar-refractivity contribution in [1.82, 2.24) is 4.98 Å². The number of thiazole rings is 1. The molecule has 0 spiro atoms. The van der Waals surface area contributed by atoms with Crippen molar-refractivity contribution in [3.05, 3.63) is 23.5 Å². The van der Waals surface area contributed by atoms with Crippen LogP contribution in [0, 0.1) is 5.82 Å². The van der Waals surface area contributed by atoms with Gasteiger partial charge in [-0.3, -0.25) is 0 Å². The van der Waals surface area contributed by atoms with Crippen LogP contribution in [0.4, 0.5) is 9.52 Å². The molecular formula is C9H7FN2O2S. The maximum absolute atomic E-state index is 13.1. The molecule has 1 heterocycles. The van der Waals surface area contributed by atoms with E-state index < -0.39 is 11.8 Å². The minimum atomic E-state index is -0.621. The number of esters is 1. The van der Waals surface area contributed by atoms with Gasteiger partial charge in [0, 0.05) is 0 Å². The molecule has 0 saturated heterocycles. The van der Waals surface area contributed by atoms with Crippen LogP contribution in [0.25, 0.3) is 10.2 Å². The number of aromatic nitrogens is 1. The van der Waals surface area contributed by atoms with E-state index in [0.717, 1.165) is 17.4 Å². The highest BCUT2D eigenvalue weighted by Gasteiger charge is 2.15. The van der Waals surface area contributed by atoms with Crippen molar-refractivity contribution < 1.29 is 13.9 Å². The summed E-state index contributed by atoms with van der Waals surface area (Å²) >= 11 is 1.13. The summed E-state index contributed by atoms with van der Waals surface area (Å²) in [6, 6.07) is 2.38. The Labute approximate surface area is 88.5 Å². The van der Waals surface area contributed by atoms with Crippen LogP contribution in [0.3, 0.4) is 0 Å². The lowest BCUT2D eigenvalue weighted by Crippen LogP contribution is -2.02. The average molecular weight is 226 g/mol. The third-order valence-corrected chi connectivity index (χ3v) is 2.71. The fourth-order valence-corrected chi connectivity index (χ4v) is 2.06. The van der Waals surface area contributed by atoms with Gasteiger partial charge in [-0.25, -0.2) is 14.2 Å². The molecule has 0 unspecified atom stereocenters. The van der Waals surface area contributed by atoms with Crippen molar-refractivity contribution in [2.24, 2.45) is 0 Å². The van der Waals surface area contributed by atoms with E-state index in [9.17, 15) is 9.18 Å². The summed E-state index contributed by atoms with van der Waals surface area (Å²) < 4.78 is 18.2. The molecule has 2 rings (SSSR count). The molecule has 0 saturated carbocycles. The number of carbonyl (C=O) groups is 1.